The fraction of sp³-hybridized carbons (Fsp3) is 0.667. The molecule has 0 saturated heterocycles. The van der Waals surface area contributed by atoms with Crippen LogP contribution in [-0.2, 0) is 26.2 Å². The van der Waals surface area contributed by atoms with Crippen molar-refractivity contribution in [2.75, 3.05) is 0 Å². The minimum atomic E-state index is 0. The molecule has 0 aromatic carbocycles. The summed E-state index contributed by atoms with van der Waals surface area (Å²) in [5, 5.41) is 0. The summed E-state index contributed by atoms with van der Waals surface area (Å²) in [6, 6.07) is 0. The molecular weight excluding hydrogens is 334 g/mol. The van der Waals surface area contributed by atoms with Gasteiger partial charge in [0.2, 0.25) is 0 Å². The molecule has 0 spiro atoms. The van der Waals surface area contributed by atoms with E-state index < -0.39 is 0 Å². The molecule has 0 fully saturated rings. The van der Waals surface area contributed by atoms with Crippen LogP contribution in [0, 0.1) is 12.2 Å². The Morgan fingerprint density at radius 1 is 0.875 bits per heavy atom. The topological polar surface area (TPSA) is 0 Å². The minimum absolute atomic E-state index is 0. The van der Waals surface area contributed by atoms with Gasteiger partial charge in [-0.05, 0) is 0 Å². The normalized spacial score (nSPS) is 14.1. The molecule has 2 aliphatic carbocycles. The predicted octanol–water partition coefficient (Wildman–Crippen LogP) is -2.42. The molecule has 0 unspecified atom stereocenters. The van der Waals surface area contributed by atoms with Crippen molar-refractivity contribution in [3.05, 3.63) is 24.3 Å². The summed E-state index contributed by atoms with van der Waals surface area (Å²) >= 11 is 0. The van der Waals surface area contributed by atoms with Crippen molar-refractivity contribution in [2.24, 2.45) is 0 Å². The summed E-state index contributed by atoms with van der Waals surface area (Å²) in [7, 11) is 0.750. The molecule has 2 rings (SSSR count). The third-order valence-electron chi connectivity index (χ3n) is 1.63. The van der Waals surface area contributed by atoms with Gasteiger partial charge >= 0.3 is 26.2 Å². The molecule has 0 N–H and O–H groups in total. The van der Waals surface area contributed by atoms with E-state index in [4.69, 9.17) is 0 Å². The maximum absolute atomic E-state index is 3.10. The van der Waals surface area contributed by atoms with Gasteiger partial charge < -0.3 is 37.0 Å². The average Bonchev–Trinajstić information content (AvgIpc) is 2.85. The van der Waals surface area contributed by atoms with Gasteiger partial charge in [-0.3, -0.25) is 12.2 Å². The Bertz CT molecular complexity index is 122. The van der Waals surface area contributed by atoms with Gasteiger partial charge in [0, 0.05) is 9.52 Å². The van der Waals surface area contributed by atoms with Gasteiger partial charge in [-0.25, -0.2) is 0 Å². The van der Waals surface area contributed by atoms with Gasteiger partial charge in [0.05, 0.1) is 0 Å². The zero-order chi connectivity index (χ0) is 9.78. The maximum Gasteiger partial charge on any atom is 4.00 e. The zero-order valence-electron chi connectivity index (χ0n) is 10.2. The molecule has 0 bridgehead atoms. The van der Waals surface area contributed by atoms with E-state index in [9.17, 15) is 0 Å². The first-order valence-corrected chi connectivity index (χ1v) is 7.57. The van der Waals surface area contributed by atoms with Gasteiger partial charge in [0.25, 0.3) is 0 Å². The van der Waals surface area contributed by atoms with Crippen LogP contribution in [0.15, 0.2) is 12.2 Å². The molecule has 0 atom stereocenters. The molecule has 1 radical (unpaired) electrons. The molecule has 0 aliphatic heterocycles. The summed E-state index contributed by atoms with van der Waals surface area (Å²) in [6.45, 7) is 4.42. The quantitative estimate of drug-likeness (QED) is 0.335. The predicted molar refractivity (Wildman–Crippen MR) is 62.2 cm³/mol. The van der Waals surface area contributed by atoms with E-state index in [-0.39, 0.29) is 51.0 Å². The molecular formula is C12H21Cl2SiZr. The van der Waals surface area contributed by atoms with E-state index in [0.717, 1.165) is 9.52 Å². The first kappa shape index (κ1) is 25.9. The average molecular weight is 356 g/mol. The number of hydrogen-bond acceptors (Lipinski definition) is 0. The van der Waals surface area contributed by atoms with Crippen molar-refractivity contribution in [3.63, 3.8) is 0 Å². The third-order valence-corrected chi connectivity index (χ3v) is 1.63. The number of halogens is 2. The van der Waals surface area contributed by atoms with Crippen LogP contribution in [0.25, 0.3) is 0 Å². The van der Waals surface area contributed by atoms with Crippen LogP contribution in [0.1, 0.15) is 38.5 Å². The minimum Gasteiger partial charge on any atom is -1.00 e. The first-order chi connectivity index (χ1) is 6.41. The molecule has 2 aliphatic rings. The van der Waals surface area contributed by atoms with Crippen LogP contribution in [0.5, 0.6) is 0 Å². The van der Waals surface area contributed by atoms with Crippen molar-refractivity contribution < 1.29 is 51.0 Å². The molecule has 0 heterocycles. The van der Waals surface area contributed by atoms with Crippen LogP contribution in [0.3, 0.4) is 0 Å². The third kappa shape index (κ3) is 24.4. The molecule has 0 amide bonds. The van der Waals surface area contributed by atoms with Crippen molar-refractivity contribution in [1.29, 1.82) is 0 Å². The van der Waals surface area contributed by atoms with Gasteiger partial charge in [-0.1, -0.05) is 38.8 Å². The standard InChI is InChI=1S/2C5H7.C2H7Si.2ClH.Zr/c2*1-2-4-5-3-1;1-3-2;;;/h2*1H,2,4-5H2;3H,1-2H3;2*1H;/q2*-1;;;;+4/p-2. The van der Waals surface area contributed by atoms with Gasteiger partial charge in [0.15, 0.2) is 0 Å². The molecule has 16 heavy (non-hydrogen) atoms. The van der Waals surface area contributed by atoms with Crippen LogP contribution >= 0.6 is 0 Å². The van der Waals surface area contributed by atoms with E-state index in [1.165, 1.54) is 38.5 Å². The Kier molecular flexibility index (Phi) is 40.6. The summed E-state index contributed by atoms with van der Waals surface area (Å²) in [5.41, 5.74) is 0. The van der Waals surface area contributed by atoms with Crippen molar-refractivity contribution in [3.8, 4) is 0 Å². The molecule has 0 aromatic heterocycles. The Labute approximate surface area is 136 Å². The molecule has 91 valence electrons. The van der Waals surface area contributed by atoms with Crippen molar-refractivity contribution in [2.45, 2.75) is 51.6 Å². The molecule has 0 nitrogen and oxygen atoms in total. The fourth-order valence-electron chi connectivity index (χ4n) is 1.02. The van der Waals surface area contributed by atoms with Gasteiger partial charge in [-0.15, -0.1) is 0 Å². The SMILES string of the molecule is C[SiH]C.[C-]1=CCCC1.[C-]1=CCCC1.[Cl-].[Cl-].[Zr+4]. The Morgan fingerprint density at radius 3 is 1.25 bits per heavy atom. The number of allylic oxidation sites excluding steroid dienone is 4. The Morgan fingerprint density at radius 2 is 1.19 bits per heavy atom. The molecule has 4 heteroatoms. The Balaban J connectivity index is -0.0000000638. The second-order valence-corrected chi connectivity index (χ2v) is 4.33. The van der Waals surface area contributed by atoms with Crippen LogP contribution < -0.4 is 24.8 Å². The van der Waals surface area contributed by atoms with E-state index >= 15 is 0 Å². The van der Waals surface area contributed by atoms with Crippen molar-refractivity contribution in [1.82, 2.24) is 0 Å². The van der Waals surface area contributed by atoms with Crippen LogP contribution in [0.2, 0.25) is 13.1 Å². The summed E-state index contributed by atoms with van der Waals surface area (Å²) < 4.78 is 0. The van der Waals surface area contributed by atoms with Gasteiger partial charge in [0.1, 0.15) is 0 Å². The van der Waals surface area contributed by atoms with Crippen LogP contribution in [0.4, 0.5) is 0 Å². The van der Waals surface area contributed by atoms with E-state index in [2.05, 4.69) is 37.4 Å². The Hall–Kier alpha value is 1.16. The second kappa shape index (κ2) is 25.1. The fourth-order valence-corrected chi connectivity index (χ4v) is 1.02. The molecule has 0 saturated carbocycles. The number of rotatable bonds is 0. The first-order valence-electron chi connectivity index (χ1n) is 5.26. The zero-order valence-corrected chi connectivity index (χ0v) is 15.4. The summed E-state index contributed by atoms with van der Waals surface area (Å²) in [4.78, 5) is 0. The maximum atomic E-state index is 3.10. The van der Waals surface area contributed by atoms with E-state index in [0.29, 0.717) is 0 Å². The largest absolute Gasteiger partial charge is 4.00 e. The molecule has 0 aromatic rings. The van der Waals surface area contributed by atoms with E-state index in [1.807, 2.05) is 0 Å². The summed E-state index contributed by atoms with van der Waals surface area (Å²) in [5.74, 6) is 0. The number of hydrogen-bond donors (Lipinski definition) is 0. The van der Waals surface area contributed by atoms with Gasteiger partial charge in [-0.2, -0.15) is 12.8 Å². The second-order valence-electron chi connectivity index (χ2n) is 3.18. The van der Waals surface area contributed by atoms with Crippen LogP contribution in [-0.4, -0.2) is 9.52 Å². The van der Waals surface area contributed by atoms with E-state index in [1.54, 1.807) is 0 Å². The summed E-state index contributed by atoms with van der Waals surface area (Å²) in [6.07, 6.45) is 18.0. The monoisotopic (exact) mass is 353 g/mol. The van der Waals surface area contributed by atoms with Crippen molar-refractivity contribution >= 4 is 9.52 Å². The smallest absolute Gasteiger partial charge is 1.00 e.